The summed E-state index contributed by atoms with van der Waals surface area (Å²) >= 11 is 5.87. The summed E-state index contributed by atoms with van der Waals surface area (Å²) in [5, 5.41) is 3.55. The maximum atomic E-state index is 12.3. The predicted octanol–water partition coefficient (Wildman–Crippen LogP) is 3.70. The second-order valence-electron chi connectivity index (χ2n) is 5.78. The van der Waals surface area contributed by atoms with Crippen LogP contribution in [-0.2, 0) is 9.53 Å². The number of anilines is 1. The lowest BCUT2D eigenvalue weighted by Gasteiger charge is -2.09. The summed E-state index contributed by atoms with van der Waals surface area (Å²) in [6.07, 6.45) is 1.51. The minimum Gasteiger partial charge on any atom is -0.452 e. The van der Waals surface area contributed by atoms with Crippen molar-refractivity contribution < 1.29 is 14.3 Å². The molecule has 3 aromatic rings. The molecule has 2 aromatic heterocycles. The second kappa shape index (κ2) is 7.49. The highest BCUT2D eigenvalue weighted by Gasteiger charge is 2.15. The first-order valence-corrected chi connectivity index (χ1v) is 8.27. The molecule has 1 aromatic carbocycles. The molecule has 0 saturated carbocycles. The molecular formula is C19H16ClN3O3. The van der Waals surface area contributed by atoms with Crippen LogP contribution in [0.3, 0.4) is 0 Å². The third-order valence-corrected chi connectivity index (χ3v) is 4.05. The van der Waals surface area contributed by atoms with E-state index in [1.165, 1.54) is 6.20 Å². The van der Waals surface area contributed by atoms with E-state index in [-0.39, 0.29) is 5.15 Å². The zero-order chi connectivity index (χ0) is 18.7. The van der Waals surface area contributed by atoms with Crippen LogP contribution in [-0.4, -0.2) is 28.5 Å². The average Bonchev–Trinajstić information content (AvgIpc) is 2.61. The Balaban J connectivity index is 1.70. The average molecular weight is 370 g/mol. The Morgan fingerprint density at radius 3 is 2.77 bits per heavy atom. The molecule has 3 rings (SSSR count). The fraction of sp³-hybridized carbons (Fsp3) is 0.158. The van der Waals surface area contributed by atoms with Crippen LogP contribution in [0.2, 0.25) is 5.15 Å². The van der Waals surface area contributed by atoms with E-state index >= 15 is 0 Å². The number of fused-ring (bicyclic) bond motifs is 1. The van der Waals surface area contributed by atoms with E-state index in [4.69, 9.17) is 16.3 Å². The lowest BCUT2D eigenvalue weighted by atomic mass is 10.1. The highest BCUT2D eigenvalue weighted by molar-refractivity contribution is 6.32. The molecule has 0 aliphatic heterocycles. The number of halogens is 1. The number of rotatable bonds is 4. The minimum atomic E-state index is -0.606. The van der Waals surface area contributed by atoms with E-state index in [0.29, 0.717) is 16.9 Å². The van der Waals surface area contributed by atoms with Crippen molar-refractivity contribution in [3.8, 4) is 0 Å². The normalized spacial score (nSPS) is 10.6. The Kier molecular flexibility index (Phi) is 5.14. The summed E-state index contributed by atoms with van der Waals surface area (Å²) in [5.74, 6) is -1.11. The molecule has 0 atom stereocenters. The SMILES string of the molecule is Cc1ccc2nc(C)c(C(=O)OCC(=O)Nc3cccnc3Cl)cc2c1. The first kappa shape index (κ1) is 17.8. The number of amides is 1. The number of esters is 1. The van der Waals surface area contributed by atoms with Gasteiger partial charge in [0.25, 0.3) is 5.91 Å². The highest BCUT2D eigenvalue weighted by atomic mass is 35.5. The molecule has 0 unspecified atom stereocenters. The molecule has 0 radical (unpaired) electrons. The molecule has 26 heavy (non-hydrogen) atoms. The number of hydrogen-bond donors (Lipinski definition) is 1. The molecule has 0 aliphatic carbocycles. The third kappa shape index (κ3) is 3.97. The van der Waals surface area contributed by atoms with Gasteiger partial charge in [-0.3, -0.25) is 9.78 Å². The van der Waals surface area contributed by atoms with Gasteiger partial charge in [0.05, 0.1) is 22.5 Å². The topological polar surface area (TPSA) is 81.2 Å². The van der Waals surface area contributed by atoms with E-state index in [9.17, 15) is 9.59 Å². The minimum absolute atomic E-state index is 0.164. The molecule has 7 heteroatoms. The molecule has 0 fully saturated rings. The van der Waals surface area contributed by atoms with Crippen molar-refractivity contribution in [2.24, 2.45) is 0 Å². The van der Waals surface area contributed by atoms with Gasteiger partial charge in [-0.1, -0.05) is 23.2 Å². The Hall–Kier alpha value is -2.99. The number of hydrogen-bond acceptors (Lipinski definition) is 5. The molecule has 0 aliphatic rings. The van der Waals surface area contributed by atoms with Crippen LogP contribution in [0.5, 0.6) is 0 Å². The van der Waals surface area contributed by atoms with Crippen molar-refractivity contribution in [2.45, 2.75) is 13.8 Å². The lowest BCUT2D eigenvalue weighted by molar-refractivity contribution is -0.119. The molecule has 0 spiro atoms. The van der Waals surface area contributed by atoms with Gasteiger partial charge in [0.2, 0.25) is 0 Å². The molecule has 0 saturated heterocycles. The van der Waals surface area contributed by atoms with Crippen LogP contribution in [0.1, 0.15) is 21.6 Å². The van der Waals surface area contributed by atoms with Gasteiger partial charge in [0, 0.05) is 11.6 Å². The number of nitrogens with zero attached hydrogens (tertiary/aromatic N) is 2. The third-order valence-electron chi connectivity index (χ3n) is 3.75. The van der Waals surface area contributed by atoms with Gasteiger partial charge in [0.1, 0.15) is 0 Å². The summed E-state index contributed by atoms with van der Waals surface area (Å²) < 4.78 is 5.11. The summed E-state index contributed by atoms with van der Waals surface area (Å²) in [5.41, 5.74) is 3.09. The zero-order valence-corrected chi connectivity index (χ0v) is 15.0. The van der Waals surface area contributed by atoms with Gasteiger partial charge in [-0.15, -0.1) is 0 Å². The van der Waals surface area contributed by atoms with Crippen LogP contribution in [0.4, 0.5) is 5.69 Å². The van der Waals surface area contributed by atoms with Gasteiger partial charge in [-0.2, -0.15) is 0 Å². The van der Waals surface area contributed by atoms with Gasteiger partial charge >= 0.3 is 5.97 Å². The van der Waals surface area contributed by atoms with Crippen molar-refractivity contribution in [3.05, 3.63) is 64.6 Å². The van der Waals surface area contributed by atoms with E-state index in [2.05, 4.69) is 15.3 Å². The van der Waals surface area contributed by atoms with E-state index < -0.39 is 18.5 Å². The number of aryl methyl sites for hydroxylation is 2. The smallest absolute Gasteiger partial charge is 0.340 e. The van der Waals surface area contributed by atoms with Crippen molar-refractivity contribution in [3.63, 3.8) is 0 Å². The van der Waals surface area contributed by atoms with Crippen molar-refractivity contribution in [1.29, 1.82) is 0 Å². The van der Waals surface area contributed by atoms with Crippen LogP contribution < -0.4 is 5.32 Å². The molecule has 1 N–H and O–H groups in total. The van der Waals surface area contributed by atoms with Crippen LogP contribution in [0.25, 0.3) is 10.9 Å². The monoisotopic (exact) mass is 369 g/mol. The molecular weight excluding hydrogens is 354 g/mol. The van der Waals surface area contributed by atoms with Gasteiger partial charge in [-0.05, 0) is 44.2 Å². The summed E-state index contributed by atoms with van der Waals surface area (Å²) in [6, 6.07) is 10.8. The number of ether oxygens (including phenoxy) is 1. The van der Waals surface area contributed by atoms with Crippen LogP contribution >= 0.6 is 11.6 Å². The summed E-state index contributed by atoms with van der Waals surface area (Å²) in [7, 11) is 0. The largest absolute Gasteiger partial charge is 0.452 e. The fourth-order valence-electron chi connectivity index (χ4n) is 2.47. The number of aromatic nitrogens is 2. The van der Waals surface area contributed by atoms with E-state index in [1.54, 1.807) is 25.1 Å². The fourth-order valence-corrected chi connectivity index (χ4v) is 2.64. The highest BCUT2D eigenvalue weighted by Crippen LogP contribution is 2.19. The Morgan fingerprint density at radius 1 is 1.19 bits per heavy atom. The molecule has 1 amide bonds. The summed E-state index contributed by atoms with van der Waals surface area (Å²) in [4.78, 5) is 32.6. The van der Waals surface area contributed by atoms with Crippen molar-refractivity contribution in [1.82, 2.24) is 9.97 Å². The quantitative estimate of drug-likeness (QED) is 0.560. The predicted molar refractivity (Wildman–Crippen MR) is 99.4 cm³/mol. The van der Waals surface area contributed by atoms with E-state index in [0.717, 1.165) is 16.5 Å². The Bertz CT molecular complexity index is 1000. The van der Waals surface area contributed by atoms with Crippen molar-refractivity contribution >= 4 is 40.1 Å². The molecule has 132 valence electrons. The standard InChI is InChI=1S/C19H16ClN3O3/c1-11-5-6-15-13(8-11)9-14(12(2)22-15)19(25)26-10-17(24)23-16-4-3-7-21-18(16)20/h3-9H,10H2,1-2H3,(H,23,24). The van der Waals surface area contributed by atoms with Gasteiger partial charge in [-0.25, -0.2) is 9.78 Å². The zero-order valence-electron chi connectivity index (χ0n) is 14.2. The summed E-state index contributed by atoms with van der Waals surface area (Å²) in [6.45, 7) is 3.26. The first-order valence-electron chi connectivity index (χ1n) is 7.89. The van der Waals surface area contributed by atoms with Crippen LogP contribution in [0.15, 0.2) is 42.6 Å². The number of benzene rings is 1. The first-order chi connectivity index (χ1) is 12.4. The Morgan fingerprint density at radius 2 is 2.00 bits per heavy atom. The number of carbonyl (C=O) groups is 2. The number of pyridine rings is 2. The van der Waals surface area contributed by atoms with Gasteiger partial charge in [0.15, 0.2) is 11.8 Å². The van der Waals surface area contributed by atoms with Crippen molar-refractivity contribution in [2.75, 3.05) is 11.9 Å². The second-order valence-corrected chi connectivity index (χ2v) is 6.14. The van der Waals surface area contributed by atoms with Gasteiger partial charge < -0.3 is 10.1 Å². The maximum absolute atomic E-state index is 12.3. The molecule has 0 bridgehead atoms. The number of carbonyl (C=O) groups excluding carboxylic acids is 2. The molecule has 6 nitrogen and oxygen atoms in total. The van der Waals surface area contributed by atoms with Crippen LogP contribution in [0, 0.1) is 13.8 Å². The maximum Gasteiger partial charge on any atom is 0.340 e. The Labute approximate surface area is 155 Å². The number of nitrogens with one attached hydrogen (secondary N) is 1. The molecule has 2 heterocycles. The van der Waals surface area contributed by atoms with E-state index in [1.807, 2.05) is 25.1 Å². The lowest BCUT2D eigenvalue weighted by Crippen LogP contribution is -2.21.